The molecular formula is C19H22N4O2S. The van der Waals surface area contributed by atoms with Crippen LogP contribution in [0.1, 0.15) is 12.5 Å². The molecule has 2 aromatic heterocycles. The molecule has 0 fully saturated rings. The molecule has 0 aliphatic rings. The number of hydrogen-bond donors (Lipinski definition) is 2. The second kappa shape index (κ2) is 8.35. The van der Waals surface area contributed by atoms with Crippen LogP contribution >= 0.6 is 0 Å². The maximum atomic E-state index is 12.6. The molecule has 1 aromatic carbocycles. The second-order valence-corrected chi connectivity index (χ2v) is 7.93. The van der Waals surface area contributed by atoms with Crippen LogP contribution in [0.3, 0.4) is 0 Å². The van der Waals surface area contributed by atoms with Crippen LogP contribution in [0.15, 0.2) is 66.1 Å². The minimum Gasteiger partial charge on any atom is -0.315 e. The molecule has 2 heterocycles. The molecule has 6 nitrogen and oxygen atoms in total. The van der Waals surface area contributed by atoms with Crippen LogP contribution in [0.25, 0.3) is 10.8 Å². The lowest BCUT2D eigenvalue weighted by molar-refractivity contribution is 0.537. The van der Waals surface area contributed by atoms with Gasteiger partial charge in [-0.25, -0.2) is 13.1 Å². The van der Waals surface area contributed by atoms with E-state index in [1.807, 2.05) is 19.1 Å². The van der Waals surface area contributed by atoms with Gasteiger partial charge in [0.25, 0.3) is 0 Å². The van der Waals surface area contributed by atoms with Gasteiger partial charge in [0.2, 0.25) is 10.0 Å². The van der Waals surface area contributed by atoms with E-state index < -0.39 is 10.0 Å². The van der Waals surface area contributed by atoms with Crippen molar-refractivity contribution in [1.29, 1.82) is 0 Å². The van der Waals surface area contributed by atoms with Gasteiger partial charge in [0.05, 0.1) is 4.90 Å². The molecule has 0 aliphatic heterocycles. The fourth-order valence-electron chi connectivity index (χ4n) is 2.70. The zero-order chi connectivity index (χ0) is 18.4. The Morgan fingerprint density at radius 3 is 2.58 bits per heavy atom. The van der Waals surface area contributed by atoms with Crippen molar-refractivity contribution in [1.82, 2.24) is 20.0 Å². The highest BCUT2D eigenvalue weighted by molar-refractivity contribution is 7.89. The summed E-state index contributed by atoms with van der Waals surface area (Å²) in [4.78, 5) is 8.29. The third-order valence-electron chi connectivity index (χ3n) is 4.07. The quantitative estimate of drug-likeness (QED) is 0.594. The fourth-order valence-corrected chi connectivity index (χ4v) is 3.98. The lowest BCUT2D eigenvalue weighted by Gasteiger charge is -2.15. The van der Waals surface area contributed by atoms with Crippen molar-refractivity contribution in [3.63, 3.8) is 0 Å². The van der Waals surface area contributed by atoms with Gasteiger partial charge in [-0.1, -0.05) is 6.07 Å². The molecule has 0 saturated heterocycles. The molecule has 1 unspecified atom stereocenters. The molecule has 1 atom stereocenters. The van der Waals surface area contributed by atoms with Crippen molar-refractivity contribution in [2.75, 3.05) is 13.1 Å². The number of nitrogens with one attached hydrogen (secondary N) is 2. The SMILES string of the molecule is CC(CNCCc1ccncc1)NS(=O)(=O)c1ccc2cnccc2c1. The molecule has 0 spiro atoms. The average molecular weight is 370 g/mol. The van der Waals surface area contributed by atoms with Crippen molar-refractivity contribution >= 4 is 20.8 Å². The Kier molecular flexibility index (Phi) is 5.92. The molecule has 26 heavy (non-hydrogen) atoms. The first kappa shape index (κ1) is 18.4. The van der Waals surface area contributed by atoms with Gasteiger partial charge in [-0.15, -0.1) is 0 Å². The van der Waals surface area contributed by atoms with E-state index in [9.17, 15) is 8.42 Å². The highest BCUT2D eigenvalue weighted by atomic mass is 32.2. The van der Waals surface area contributed by atoms with Crippen LogP contribution in [0.2, 0.25) is 0 Å². The number of sulfonamides is 1. The molecule has 0 aliphatic carbocycles. The molecule has 0 radical (unpaired) electrons. The highest BCUT2D eigenvalue weighted by Crippen LogP contribution is 2.18. The summed E-state index contributed by atoms with van der Waals surface area (Å²) in [6, 6.07) is 10.6. The number of pyridine rings is 2. The number of aromatic nitrogens is 2. The first-order valence-corrected chi connectivity index (χ1v) is 9.99. The standard InChI is InChI=1S/C19H22N4O2S/c1-15(13-21-10-6-16-4-8-20-9-5-16)23-26(24,25)19-3-2-18-14-22-11-7-17(18)12-19/h2-5,7-9,11-12,14-15,21,23H,6,10,13H2,1H3. The van der Waals surface area contributed by atoms with Crippen LogP contribution in [0.5, 0.6) is 0 Å². The van der Waals surface area contributed by atoms with E-state index in [1.165, 1.54) is 5.56 Å². The largest absolute Gasteiger partial charge is 0.315 e. The Bertz CT molecular complexity index is 961. The summed E-state index contributed by atoms with van der Waals surface area (Å²) < 4.78 is 27.9. The van der Waals surface area contributed by atoms with Crippen molar-refractivity contribution in [2.24, 2.45) is 0 Å². The Balaban J connectivity index is 1.54. The summed E-state index contributed by atoms with van der Waals surface area (Å²) in [5, 5.41) is 5.05. The van der Waals surface area contributed by atoms with Crippen LogP contribution in [0, 0.1) is 0 Å². The normalized spacial score (nSPS) is 13.0. The monoisotopic (exact) mass is 370 g/mol. The third kappa shape index (κ3) is 4.85. The predicted molar refractivity (Wildman–Crippen MR) is 102 cm³/mol. The van der Waals surface area contributed by atoms with Crippen LogP contribution < -0.4 is 10.0 Å². The number of fused-ring (bicyclic) bond motifs is 1. The maximum Gasteiger partial charge on any atom is 0.240 e. The van der Waals surface area contributed by atoms with E-state index in [1.54, 1.807) is 49.1 Å². The zero-order valence-electron chi connectivity index (χ0n) is 14.6. The van der Waals surface area contributed by atoms with Gasteiger partial charge in [-0.2, -0.15) is 0 Å². The smallest absolute Gasteiger partial charge is 0.240 e. The number of rotatable bonds is 8. The van der Waals surface area contributed by atoms with Gasteiger partial charge >= 0.3 is 0 Å². The summed E-state index contributed by atoms with van der Waals surface area (Å²) >= 11 is 0. The fraction of sp³-hybridized carbons (Fsp3) is 0.263. The van der Waals surface area contributed by atoms with Crippen molar-refractivity contribution in [3.8, 4) is 0 Å². The Morgan fingerprint density at radius 1 is 1.00 bits per heavy atom. The average Bonchev–Trinajstić information content (AvgIpc) is 2.65. The lowest BCUT2D eigenvalue weighted by atomic mass is 10.2. The minimum absolute atomic E-state index is 0.217. The van der Waals surface area contributed by atoms with Crippen LogP contribution in [-0.4, -0.2) is 37.5 Å². The van der Waals surface area contributed by atoms with E-state index in [0.29, 0.717) is 6.54 Å². The van der Waals surface area contributed by atoms with E-state index in [2.05, 4.69) is 20.0 Å². The van der Waals surface area contributed by atoms with Gasteiger partial charge < -0.3 is 5.32 Å². The molecule has 3 rings (SSSR count). The number of nitrogens with zero attached hydrogens (tertiary/aromatic N) is 2. The Morgan fingerprint density at radius 2 is 1.77 bits per heavy atom. The van der Waals surface area contributed by atoms with E-state index in [0.717, 1.165) is 23.7 Å². The maximum absolute atomic E-state index is 12.6. The molecule has 2 N–H and O–H groups in total. The van der Waals surface area contributed by atoms with Crippen LogP contribution in [0.4, 0.5) is 0 Å². The van der Waals surface area contributed by atoms with E-state index in [4.69, 9.17) is 0 Å². The van der Waals surface area contributed by atoms with Crippen LogP contribution in [-0.2, 0) is 16.4 Å². The topological polar surface area (TPSA) is 84.0 Å². The van der Waals surface area contributed by atoms with Gasteiger partial charge in [0.15, 0.2) is 0 Å². The van der Waals surface area contributed by atoms with Gasteiger partial charge in [-0.05, 0) is 61.2 Å². The Hall–Kier alpha value is -2.35. The summed E-state index contributed by atoms with van der Waals surface area (Å²) in [7, 11) is -3.56. The van der Waals surface area contributed by atoms with Gasteiger partial charge in [-0.3, -0.25) is 9.97 Å². The number of hydrogen-bond acceptors (Lipinski definition) is 5. The van der Waals surface area contributed by atoms with Gasteiger partial charge in [0.1, 0.15) is 0 Å². The molecule has 136 valence electrons. The predicted octanol–water partition coefficient (Wildman–Crippen LogP) is 2.13. The van der Waals surface area contributed by atoms with Crippen molar-refractivity contribution < 1.29 is 8.42 Å². The van der Waals surface area contributed by atoms with E-state index >= 15 is 0 Å². The van der Waals surface area contributed by atoms with Crippen molar-refractivity contribution in [3.05, 3.63) is 66.7 Å². The summed E-state index contributed by atoms with van der Waals surface area (Å²) in [5.74, 6) is 0. The van der Waals surface area contributed by atoms with E-state index in [-0.39, 0.29) is 10.9 Å². The second-order valence-electron chi connectivity index (χ2n) is 6.22. The molecule has 7 heteroatoms. The highest BCUT2D eigenvalue weighted by Gasteiger charge is 2.17. The Labute approximate surface area is 153 Å². The lowest BCUT2D eigenvalue weighted by Crippen LogP contribution is -2.40. The molecule has 0 saturated carbocycles. The number of benzene rings is 1. The first-order valence-electron chi connectivity index (χ1n) is 8.50. The molecule has 0 bridgehead atoms. The molecule has 3 aromatic rings. The van der Waals surface area contributed by atoms with Crippen molar-refractivity contribution in [2.45, 2.75) is 24.3 Å². The zero-order valence-corrected chi connectivity index (χ0v) is 15.4. The third-order valence-corrected chi connectivity index (χ3v) is 5.66. The van der Waals surface area contributed by atoms with Gasteiger partial charge in [0, 0.05) is 42.8 Å². The summed E-state index contributed by atoms with van der Waals surface area (Å²) in [6.07, 6.45) is 7.79. The molecule has 0 amide bonds. The first-order chi connectivity index (χ1) is 12.5. The molecular weight excluding hydrogens is 348 g/mol. The summed E-state index contributed by atoms with van der Waals surface area (Å²) in [6.45, 7) is 3.18. The minimum atomic E-state index is -3.56. The summed E-state index contributed by atoms with van der Waals surface area (Å²) in [5.41, 5.74) is 1.20.